The Kier molecular flexibility index (Phi) is 7.48. The number of aromatic carboxylic acids is 1. The van der Waals surface area contributed by atoms with Crippen molar-refractivity contribution in [3.8, 4) is 5.75 Å². The van der Waals surface area contributed by atoms with Crippen molar-refractivity contribution in [2.75, 3.05) is 31.6 Å². The van der Waals surface area contributed by atoms with Gasteiger partial charge in [-0.3, -0.25) is 0 Å². The van der Waals surface area contributed by atoms with Crippen LogP contribution in [0.25, 0.3) is 0 Å². The van der Waals surface area contributed by atoms with E-state index >= 15 is 0 Å². The van der Waals surface area contributed by atoms with Gasteiger partial charge in [-0.2, -0.15) is 0 Å². The number of carboxylic acids is 1. The Balaban J connectivity index is 1.60. The summed E-state index contributed by atoms with van der Waals surface area (Å²) in [5.41, 5.74) is 1.57. The molecule has 2 atom stereocenters. The predicted molar refractivity (Wildman–Crippen MR) is 137 cm³/mol. The highest BCUT2D eigenvalue weighted by Crippen LogP contribution is 2.39. The molecule has 0 aromatic carbocycles. The number of ether oxygens (including phenoxy) is 2. The van der Waals surface area contributed by atoms with E-state index in [0.717, 1.165) is 11.4 Å². The highest BCUT2D eigenvalue weighted by Gasteiger charge is 2.40. The lowest BCUT2D eigenvalue weighted by atomic mass is 10.0. The third-order valence-corrected chi connectivity index (χ3v) is 6.54. The molecule has 4 heterocycles. The number of hydrogen-bond donors (Lipinski definition) is 3. The normalized spacial score (nSPS) is 19.1. The van der Waals surface area contributed by atoms with E-state index in [4.69, 9.17) is 21.1 Å². The third-order valence-electron chi connectivity index (χ3n) is 6.24. The van der Waals surface area contributed by atoms with Gasteiger partial charge in [0, 0.05) is 25.7 Å². The lowest BCUT2D eigenvalue weighted by molar-refractivity contribution is -0.696. The Morgan fingerprint density at radius 3 is 2.70 bits per heavy atom. The molecule has 0 bridgehead atoms. The number of carbonyl (C=O) groups is 2. The summed E-state index contributed by atoms with van der Waals surface area (Å²) in [5.74, 6) is -0.630. The first-order valence-electron chi connectivity index (χ1n) is 12.3. The van der Waals surface area contributed by atoms with Gasteiger partial charge < -0.3 is 24.8 Å². The molecule has 2 aliphatic heterocycles. The van der Waals surface area contributed by atoms with Gasteiger partial charge in [-0.25, -0.2) is 29.4 Å². The number of carbonyl (C=O) groups excluding carboxylic acids is 1. The number of halogens is 1. The minimum Gasteiger partial charge on any atom is -0.490 e. The molecule has 2 aliphatic rings. The van der Waals surface area contributed by atoms with Crippen molar-refractivity contribution >= 4 is 35.2 Å². The molecule has 2 aromatic rings. The molecule has 37 heavy (non-hydrogen) atoms. The molecule has 1 saturated heterocycles. The second kappa shape index (κ2) is 10.3. The van der Waals surface area contributed by atoms with E-state index in [1.807, 2.05) is 41.5 Å². The summed E-state index contributed by atoms with van der Waals surface area (Å²) < 4.78 is 13.2. The lowest BCUT2D eigenvalue weighted by Crippen LogP contribution is -2.55. The van der Waals surface area contributed by atoms with Gasteiger partial charge in [0.25, 0.3) is 5.82 Å². The molecule has 200 valence electrons. The monoisotopic (exact) mass is 533 g/mol. The van der Waals surface area contributed by atoms with Crippen LogP contribution in [0.15, 0.2) is 12.4 Å². The van der Waals surface area contributed by atoms with Crippen molar-refractivity contribution in [3.05, 3.63) is 34.5 Å². The zero-order chi connectivity index (χ0) is 27.1. The second-order valence-corrected chi connectivity index (χ2v) is 11.0. The minimum absolute atomic E-state index is 0.0414. The SMILES string of the molecule is CC(C)c1ncnc2c1Nc1c(C(=O)O)c(OC[C@H]3CN(C(=O)OC(C)(C)C)CCN3)cc(Cl)[n+]1C2C. The van der Waals surface area contributed by atoms with Gasteiger partial charge in [0.15, 0.2) is 16.4 Å². The molecule has 1 unspecified atom stereocenters. The average molecular weight is 534 g/mol. The number of rotatable bonds is 5. The van der Waals surface area contributed by atoms with Crippen LogP contribution in [-0.4, -0.2) is 69.9 Å². The van der Waals surface area contributed by atoms with E-state index in [-0.39, 0.29) is 35.9 Å². The van der Waals surface area contributed by atoms with E-state index in [1.54, 1.807) is 9.47 Å². The number of carboxylic acid groups (broad SMARTS) is 1. The number of nitrogens with one attached hydrogen (secondary N) is 2. The first-order chi connectivity index (χ1) is 17.4. The van der Waals surface area contributed by atoms with Crippen LogP contribution >= 0.6 is 11.6 Å². The van der Waals surface area contributed by atoms with Crippen LogP contribution in [-0.2, 0) is 4.74 Å². The first kappa shape index (κ1) is 26.9. The summed E-state index contributed by atoms with van der Waals surface area (Å²) >= 11 is 6.66. The topological polar surface area (TPSA) is 130 Å². The molecule has 3 N–H and O–H groups in total. The number of piperazine rings is 1. The maximum atomic E-state index is 12.5. The number of hydrogen-bond acceptors (Lipinski definition) is 8. The quantitative estimate of drug-likeness (QED) is 0.390. The Bertz CT molecular complexity index is 1220. The maximum absolute atomic E-state index is 12.5. The fourth-order valence-corrected chi connectivity index (χ4v) is 4.90. The zero-order valence-corrected chi connectivity index (χ0v) is 22.7. The standard InChI is InChI=1S/C25H33ClN6O5/c1-13(2)19-21-20(29-12-28-19)14(3)32-17(26)9-16(18(23(33)34)22(32)30-21)36-11-15-10-31(8-7-27-15)24(35)37-25(4,5)6/h9,12-15,27H,7-8,10-11H2,1-6H3,(H,33,34)/p+1/t14?,15-/m1/s1. The van der Waals surface area contributed by atoms with E-state index in [2.05, 4.69) is 20.6 Å². The van der Waals surface area contributed by atoms with Crippen molar-refractivity contribution in [1.29, 1.82) is 0 Å². The number of fused-ring (bicyclic) bond motifs is 2. The van der Waals surface area contributed by atoms with E-state index in [0.29, 0.717) is 36.3 Å². The molecular weight excluding hydrogens is 500 g/mol. The van der Waals surface area contributed by atoms with Crippen LogP contribution in [0.5, 0.6) is 5.75 Å². The number of aromatic nitrogens is 3. The van der Waals surface area contributed by atoms with Crippen molar-refractivity contribution in [2.45, 2.75) is 65.1 Å². The molecular formula is C25H34ClN6O5+. The maximum Gasteiger partial charge on any atom is 0.410 e. The first-order valence-corrected chi connectivity index (χ1v) is 12.7. The Morgan fingerprint density at radius 1 is 1.32 bits per heavy atom. The summed E-state index contributed by atoms with van der Waals surface area (Å²) in [6.45, 7) is 13.0. The summed E-state index contributed by atoms with van der Waals surface area (Å²) in [6, 6.07) is 0.962. The second-order valence-electron chi connectivity index (χ2n) is 10.6. The highest BCUT2D eigenvalue weighted by atomic mass is 35.5. The van der Waals surface area contributed by atoms with E-state index in [9.17, 15) is 14.7 Å². The van der Waals surface area contributed by atoms with Crippen LogP contribution in [0.2, 0.25) is 5.15 Å². The van der Waals surface area contributed by atoms with Crippen LogP contribution < -0.4 is 19.9 Å². The largest absolute Gasteiger partial charge is 0.490 e. The Hall–Kier alpha value is -3.18. The molecule has 0 radical (unpaired) electrons. The van der Waals surface area contributed by atoms with Crippen LogP contribution in [0.1, 0.15) is 75.2 Å². The molecule has 0 saturated carbocycles. The van der Waals surface area contributed by atoms with Crippen molar-refractivity contribution in [2.24, 2.45) is 0 Å². The smallest absolute Gasteiger partial charge is 0.410 e. The summed E-state index contributed by atoms with van der Waals surface area (Å²) in [4.78, 5) is 35.5. The molecule has 0 aliphatic carbocycles. The molecule has 12 heteroatoms. The van der Waals surface area contributed by atoms with Crippen molar-refractivity contribution < 1.29 is 28.7 Å². The van der Waals surface area contributed by atoms with Gasteiger partial charge in [0.1, 0.15) is 36.0 Å². The van der Waals surface area contributed by atoms with Gasteiger partial charge in [0.05, 0.1) is 11.7 Å². The Morgan fingerprint density at radius 2 is 2.05 bits per heavy atom. The molecule has 2 aromatic heterocycles. The fourth-order valence-electron chi connectivity index (χ4n) is 4.57. The van der Waals surface area contributed by atoms with Crippen molar-refractivity contribution in [3.63, 3.8) is 0 Å². The molecule has 11 nitrogen and oxygen atoms in total. The van der Waals surface area contributed by atoms with Gasteiger partial charge in [-0.1, -0.05) is 13.8 Å². The minimum atomic E-state index is -1.16. The van der Waals surface area contributed by atoms with Crippen molar-refractivity contribution in [1.82, 2.24) is 20.2 Å². The molecule has 0 spiro atoms. The Labute approximate surface area is 221 Å². The zero-order valence-electron chi connectivity index (χ0n) is 22.0. The van der Waals surface area contributed by atoms with E-state index < -0.39 is 17.7 Å². The predicted octanol–water partition coefficient (Wildman–Crippen LogP) is 3.49. The average Bonchev–Trinajstić information content (AvgIpc) is 2.81. The number of pyridine rings is 1. The molecule has 1 fully saturated rings. The van der Waals surface area contributed by atoms with Crippen LogP contribution in [0.4, 0.5) is 16.3 Å². The van der Waals surface area contributed by atoms with Gasteiger partial charge in [0.2, 0.25) is 0 Å². The van der Waals surface area contributed by atoms with E-state index in [1.165, 1.54) is 12.4 Å². The fraction of sp³-hybridized carbons (Fsp3) is 0.560. The van der Waals surface area contributed by atoms with Crippen LogP contribution in [0.3, 0.4) is 0 Å². The van der Waals surface area contributed by atoms with Gasteiger partial charge in [-0.05, 0) is 45.2 Å². The van der Waals surface area contributed by atoms with Crippen LogP contribution in [0, 0.1) is 0 Å². The van der Waals surface area contributed by atoms with Gasteiger partial charge >= 0.3 is 12.1 Å². The van der Waals surface area contributed by atoms with Gasteiger partial charge in [-0.15, -0.1) is 0 Å². The number of nitrogens with zero attached hydrogens (tertiary/aromatic N) is 4. The highest BCUT2D eigenvalue weighted by molar-refractivity contribution is 6.28. The molecule has 1 amide bonds. The lowest BCUT2D eigenvalue weighted by Gasteiger charge is -2.34. The summed E-state index contributed by atoms with van der Waals surface area (Å²) in [6.07, 6.45) is 1.12. The summed E-state index contributed by atoms with van der Waals surface area (Å²) in [7, 11) is 0. The third kappa shape index (κ3) is 5.57. The number of anilines is 2. The number of amides is 1. The molecule has 4 rings (SSSR count). The summed E-state index contributed by atoms with van der Waals surface area (Å²) in [5, 5.41) is 17.0.